The Labute approximate surface area is 172 Å². The number of nitrogens with zero attached hydrogens (tertiary/aromatic N) is 3. The highest BCUT2D eigenvalue weighted by molar-refractivity contribution is 7.86. The van der Waals surface area contributed by atoms with E-state index in [-0.39, 0.29) is 12.6 Å². The quantitative estimate of drug-likeness (QED) is 0.840. The van der Waals surface area contributed by atoms with Crippen LogP contribution in [0.3, 0.4) is 0 Å². The van der Waals surface area contributed by atoms with Gasteiger partial charge in [-0.15, -0.1) is 0 Å². The molecule has 1 unspecified atom stereocenters. The number of anilines is 1. The number of hydrogen-bond acceptors (Lipinski definition) is 4. The smallest absolute Gasteiger partial charge is 0.282 e. The maximum absolute atomic E-state index is 13.6. The number of nitrogens with one attached hydrogen (secondary N) is 1. The van der Waals surface area contributed by atoms with Crippen LogP contribution in [0.2, 0.25) is 0 Å². The highest BCUT2D eigenvalue weighted by Crippen LogP contribution is 2.29. The Bertz CT molecular complexity index is 995. The molecule has 0 aromatic heterocycles. The fourth-order valence-corrected chi connectivity index (χ4v) is 6.01. The number of fused-ring (bicyclic) bond motifs is 1. The minimum absolute atomic E-state index is 0.206. The van der Waals surface area contributed by atoms with Crippen LogP contribution in [0.25, 0.3) is 0 Å². The number of rotatable bonds is 4. The van der Waals surface area contributed by atoms with E-state index in [1.54, 1.807) is 20.7 Å². The van der Waals surface area contributed by atoms with Crippen LogP contribution in [-0.2, 0) is 23.2 Å². The molecule has 1 atom stereocenters. The molecule has 1 fully saturated rings. The van der Waals surface area contributed by atoms with Crippen molar-refractivity contribution in [1.82, 2.24) is 8.61 Å². The van der Waals surface area contributed by atoms with Gasteiger partial charge in [-0.1, -0.05) is 36.8 Å². The lowest BCUT2D eigenvalue weighted by Crippen LogP contribution is -2.51. The first-order chi connectivity index (χ1) is 14.1. The summed E-state index contributed by atoms with van der Waals surface area (Å²) < 4.78 is 30.5. The summed E-state index contributed by atoms with van der Waals surface area (Å²) in [6, 6.07) is 17.4. The first-order valence-corrected chi connectivity index (χ1v) is 11.6. The number of nitriles is 1. The van der Waals surface area contributed by atoms with Gasteiger partial charge < -0.3 is 5.32 Å². The molecule has 0 aliphatic carbocycles. The van der Waals surface area contributed by atoms with E-state index in [4.69, 9.17) is 0 Å². The topological polar surface area (TPSA) is 76.4 Å². The summed E-state index contributed by atoms with van der Waals surface area (Å²) in [5.74, 6) is 0. The Balaban J connectivity index is 1.70. The van der Waals surface area contributed by atoms with E-state index >= 15 is 0 Å². The Hall–Kier alpha value is -2.40. The Kier molecular flexibility index (Phi) is 5.86. The molecule has 1 saturated heterocycles. The lowest BCUT2D eigenvalue weighted by atomic mass is 10.1. The average molecular weight is 411 g/mol. The minimum atomic E-state index is -3.60. The largest absolute Gasteiger partial charge is 0.383 e. The van der Waals surface area contributed by atoms with Crippen molar-refractivity contribution in [2.45, 2.75) is 38.3 Å². The third-order valence-electron chi connectivity index (χ3n) is 5.75. The Morgan fingerprint density at radius 3 is 2.55 bits per heavy atom. The average Bonchev–Trinajstić information content (AvgIpc) is 2.94. The highest BCUT2D eigenvalue weighted by atomic mass is 32.2. The summed E-state index contributed by atoms with van der Waals surface area (Å²) in [5, 5.41) is 12.7. The van der Waals surface area contributed by atoms with Crippen LogP contribution in [0.1, 0.15) is 36.0 Å². The molecule has 0 spiro atoms. The van der Waals surface area contributed by atoms with Crippen LogP contribution in [0.5, 0.6) is 0 Å². The van der Waals surface area contributed by atoms with Crippen molar-refractivity contribution >= 4 is 15.9 Å². The molecule has 2 aliphatic heterocycles. The summed E-state index contributed by atoms with van der Waals surface area (Å²) in [6.07, 6.45) is 3.53. The zero-order valence-electron chi connectivity index (χ0n) is 16.4. The van der Waals surface area contributed by atoms with Crippen molar-refractivity contribution in [3.05, 3.63) is 65.2 Å². The summed E-state index contributed by atoms with van der Waals surface area (Å²) in [5.41, 5.74) is 3.41. The predicted molar refractivity (Wildman–Crippen MR) is 113 cm³/mol. The molecule has 2 heterocycles. The van der Waals surface area contributed by atoms with E-state index in [0.717, 1.165) is 36.1 Å². The molecule has 2 aromatic carbocycles. The van der Waals surface area contributed by atoms with Crippen molar-refractivity contribution in [1.29, 1.82) is 5.26 Å². The van der Waals surface area contributed by atoms with Crippen LogP contribution in [-0.4, -0.2) is 42.7 Å². The van der Waals surface area contributed by atoms with Crippen molar-refractivity contribution in [2.24, 2.45) is 0 Å². The molecule has 0 amide bonds. The molecule has 0 saturated carbocycles. The van der Waals surface area contributed by atoms with Crippen LogP contribution >= 0.6 is 0 Å². The molecule has 152 valence electrons. The van der Waals surface area contributed by atoms with Crippen LogP contribution in [0, 0.1) is 11.3 Å². The molecule has 0 radical (unpaired) electrons. The molecule has 2 aliphatic rings. The monoisotopic (exact) mass is 410 g/mol. The highest BCUT2D eigenvalue weighted by Gasteiger charge is 2.37. The van der Waals surface area contributed by atoms with Crippen molar-refractivity contribution in [2.75, 3.05) is 25.0 Å². The van der Waals surface area contributed by atoms with Gasteiger partial charge in [0.25, 0.3) is 10.2 Å². The van der Waals surface area contributed by atoms with Gasteiger partial charge in [0.15, 0.2) is 0 Å². The first-order valence-electron chi connectivity index (χ1n) is 10.2. The second-order valence-corrected chi connectivity index (χ2v) is 9.60. The van der Waals surface area contributed by atoms with Crippen molar-refractivity contribution in [3.63, 3.8) is 0 Å². The molecule has 29 heavy (non-hydrogen) atoms. The molecule has 2 aromatic rings. The summed E-state index contributed by atoms with van der Waals surface area (Å²) in [4.78, 5) is 0. The van der Waals surface area contributed by atoms with E-state index < -0.39 is 10.2 Å². The van der Waals surface area contributed by atoms with Gasteiger partial charge in [0.1, 0.15) is 0 Å². The van der Waals surface area contributed by atoms with E-state index in [9.17, 15) is 13.7 Å². The van der Waals surface area contributed by atoms with Gasteiger partial charge >= 0.3 is 0 Å². The molecule has 7 heteroatoms. The van der Waals surface area contributed by atoms with Gasteiger partial charge in [-0.25, -0.2) is 0 Å². The second kappa shape index (κ2) is 8.54. The third kappa shape index (κ3) is 4.30. The number of hydrogen-bond donors (Lipinski definition) is 1. The molecule has 1 N–H and O–H groups in total. The predicted octanol–water partition coefficient (Wildman–Crippen LogP) is 3.13. The summed E-state index contributed by atoms with van der Waals surface area (Å²) in [7, 11) is -3.60. The van der Waals surface area contributed by atoms with Gasteiger partial charge in [-0.2, -0.15) is 22.3 Å². The number of piperidine rings is 1. The summed E-state index contributed by atoms with van der Waals surface area (Å²) >= 11 is 0. The van der Waals surface area contributed by atoms with E-state index in [2.05, 4.69) is 11.4 Å². The second-order valence-electron chi connectivity index (χ2n) is 7.72. The zero-order valence-corrected chi connectivity index (χ0v) is 17.2. The molecule has 0 bridgehead atoms. The van der Waals surface area contributed by atoms with Gasteiger partial charge in [-0.3, -0.25) is 0 Å². The van der Waals surface area contributed by atoms with Gasteiger partial charge in [0.2, 0.25) is 0 Å². The normalized spacial score (nSPS) is 20.9. The zero-order chi connectivity index (χ0) is 20.3. The van der Waals surface area contributed by atoms with E-state index in [0.29, 0.717) is 31.6 Å². The maximum Gasteiger partial charge on any atom is 0.282 e. The van der Waals surface area contributed by atoms with Gasteiger partial charge in [0, 0.05) is 37.9 Å². The van der Waals surface area contributed by atoms with Crippen LogP contribution in [0.15, 0.2) is 48.5 Å². The lowest BCUT2D eigenvalue weighted by Gasteiger charge is -2.35. The minimum Gasteiger partial charge on any atom is -0.383 e. The fraction of sp³-hybridized carbons (Fsp3) is 0.409. The first kappa shape index (κ1) is 19.9. The molecule has 6 nitrogen and oxygen atoms in total. The molecular formula is C22H26N4O2S. The van der Waals surface area contributed by atoms with E-state index in [1.165, 1.54) is 0 Å². The fourth-order valence-electron chi connectivity index (χ4n) is 4.17. The van der Waals surface area contributed by atoms with Gasteiger partial charge in [0.05, 0.1) is 11.6 Å². The third-order valence-corrected chi connectivity index (χ3v) is 7.79. The van der Waals surface area contributed by atoms with E-state index in [1.807, 2.05) is 36.4 Å². The van der Waals surface area contributed by atoms with Gasteiger partial charge in [-0.05, 0) is 48.6 Å². The molecular weight excluding hydrogens is 384 g/mol. The number of benzene rings is 2. The SMILES string of the molecule is N#Cc1ccc2c(c1)CN(S(=O)(=O)N1CCCCC1)C(Cc1ccccc1)CN2. The Morgan fingerprint density at radius 2 is 1.83 bits per heavy atom. The summed E-state index contributed by atoms with van der Waals surface area (Å²) in [6.45, 7) is 1.96. The molecule has 4 rings (SSSR count). The Morgan fingerprint density at radius 1 is 1.07 bits per heavy atom. The lowest BCUT2D eigenvalue weighted by molar-refractivity contribution is 0.267. The van der Waals surface area contributed by atoms with Crippen molar-refractivity contribution in [3.8, 4) is 6.07 Å². The van der Waals surface area contributed by atoms with Crippen LogP contribution < -0.4 is 5.32 Å². The van der Waals surface area contributed by atoms with Crippen LogP contribution in [0.4, 0.5) is 5.69 Å². The van der Waals surface area contributed by atoms with Crippen molar-refractivity contribution < 1.29 is 8.42 Å². The maximum atomic E-state index is 13.6. The standard InChI is InChI=1S/C22H26N4O2S/c23-15-19-9-10-22-20(13-19)17-26(29(27,28)25-11-5-2-6-12-25)21(16-24-22)14-18-7-3-1-4-8-18/h1,3-4,7-10,13,21,24H,2,5-6,11-12,14,16-17H2.